The van der Waals surface area contributed by atoms with Crippen LogP contribution in [0.2, 0.25) is 0 Å². The average Bonchev–Trinajstić information content (AvgIpc) is 1.79. The highest BCUT2D eigenvalue weighted by Gasteiger charge is 2.38. The van der Waals surface area contributed by atoms with Crippen molar-refractivity contribution in [1.29, 1.82) is 0 Å². The van der Waals surface area contributed by atoms with Crippen LogP contribution >= 0.6 is 0 Å². The van der Waals surface area contributed by atoms with E-state index in [0.29, 0.717) is 6.42 Å². The summed E-state index contributed by atoms with van der Waals surface area (Å²) in [6.07, 6.45) is 0.354. The molecule has 0 spiro atoms. The molecular formula is C6H11NO2. The third-order valence-electron chi connectivity index (χ3n) is 1.66. The van der Waals surface area contributed by atoms with E-state index in [0.717, 1.165) is 0 Å². The van der Waals surface area contributed by atoms with Gasteiger partial charge >= 0.3 is 5.97 Å². The van der Waals surface area contributed by atoms with Crippen molar-refractivity contribution >= 4 is 5.97 Å². The Morgan fingerprint density at radius 1 is 1.78 bits per heavy atom. The van der Waals surface area contributed by atoms with Crippen LogP contribution in [0.5, 0.6) is 0 Å². The number of hydrogen-bond donors (Lipinski definition) is 1. The molecule has 52 valence electrons. The van der Waals surface area contributed by atoms with Gasteiger partial charge in [-0.25, -0.2) is 0 Å². The van der Waals surface area contributed by atoms with Crippen molar-refractivity contribution in [2.75, 3.05) is 0 Å². The molecule has 0 aromatic heterocycles. The highest BCUT2D eigenvalue weighted by Crippen LogP contribution is 2.23. The minimum atomic E-state index is -0.447. The predicted octanol–water partition coefficient (Wildman–Crippen LogP) is 0.0392. The van der Waals surface area contributed by atoms with Crippen LogP contribution < -0.4 is 5.73 Å². The maximum absolute atomic E-state index is 10.6. The number of carbonyl (C=O) groups is 1. The second-order valence-corrected chi connectivity index (χ2v) is 2.89. The van der Waals surface area contributed by atoms with E-state index >= 15 is 0 Å². The van der Waals surface area contributed by atoms with Gasteiger partial charge in [0.2, 0.25) is 0 Å². The van der Waals surface area contributed by atoms with Gasteiger partial charge in [-0.3, -0.25) is 4.79 Å². The number of esters is 1. The number of cyclic esters (lactones) is 1. The largest absolute Gasteiger partial charge is 0.458 e. The summed E-state index contributed by atoms with van der Waals surface area (Å²) < 4.78 is 4.90. The minimum absolute atomic E-state index is 0.134. The normalized spacial score (nSPS) is 32.3. The molecule has 0 aromatic rings. The van der Waals surface area contributed by atoms with Crippen LogP contribution in [0.1, 0.15) is 20.3 Å². The molecule has 0 aromatic carbocycles. The Morgan fingerprint density at radius 2 is 2.33 bits per heavy atom. The van der Waals surface area contributed by atoms with E-state index in [1.807, 2.05) is 13.8 Å². The molecule has 0 amide bonds. The molecule has 0 saturated carbocycles. The molecule has 0 bridgehead atoms. The summed E-state index contributed by atoms with van der Waals surface area (Å²) in [5.41, 5.74) is 5.11. The lowest BCUT2D eigenvalue weighted by atomic mass is 10.0. The Bertz CT molecular complexity index is 142. The first-order valence-corrected chi connectivity index (χ1v) is 3.00. The molecule has 3 heteroatoms. The zero-order valence-electron chi connectivity index (χ0n) is 5.68. The van der Waals surface area contributed by atoms with Crippen molar-refractivity contribution in [2.24, 2.45) is 5.73 Å². The SMILES string of the molecule is CC1(C)OC(=O)C[C@H]1N. The molecule has 1 heterocycles. The van der Waals surface area contributed by atoms with E-state index in [1.54, 1.807) is 0 Å². The van der Waals surface area contributed by atoms with E-state index in [9.17, 15) is 4.79 Å². The first kappa shape index (κ1) is 6.55. The average molecular weight is 129 g/mol. The van der Waals surface area contributed by atoms with Crippen LogP contribution in [0.25, 0.3) is 0 Å². The van der Waals surface area contributed by atoms with Gasteiger partial charge in [0.1, 0.15) is 5.60 Å². The van der Waals surface area contributed by atoms with Gasteiger partial charge in [-0.05, 0) is 13.8 Å². The van der Waals surface area contributed by atoms with Gasteiger partial charge in [-0.15, -0.1) is 0 Å². The monoisotopic (exact) mass is 129 g/mol. The third kappa shape index (κ3) is 1.05. The second kappa shape index (κ2) is 1.70. The summed E-state index contributed by atoms with van der Waals surface area (Å²) in [5.74, 6) is -0.187. The summed E-state index contributed by atoms with van der Waals surface area (Å²) in [6, 6.07) is -0.134. The van der Waals surface area contributed by atoms with Crippen molar-refractivity contribution in [3.8, 4) is 0 Å². The smallest absolute Gasteiger partial charge is 0.308 e. The molecule has 0 unspecified atom stereocenters. The van der Waals surface area contributed by atoms with Crippen LogP contribution in [0, 0.1) is 0 Å². The maximum Gasteiger partial charge on any atom is 0.308 e. The lowest BCUT2D eigenvalue weighted by Gasteiger charge is -2.20. The zero-order chi connectivity index (χ0) is 7.07. The topological polar surface area (TPSA) is 52.3 Å². The van der Waals surface area contributed by atoms with Crippen LogP contribution in [-0.2, 0) is 9.53 Å². The summed E-state index contributed by atoms with van der Waals surface area (Å²) in [6.45, 7) is 3.64. The Kier molecular flexibility index (Phi) is 1.24. The first-order valence-electron chi connectivity index (χ1n) is 3.00. The molecule has 1 atom stereocenters. The van der Waals surface area contributed by atoms with E-state index < -0.39 is 5.60 Å². The van der Waals surface area contributed by atoms with Gasteiger partial charge in [0.25, 0.3) is 0 Å². The molecule has 0 aliphatic carbocycles. The molecule has 1 aliphatic rings. The lowest BCUT2D eigenvalue weighted by molar-refractivity contribution is -0.146. The number of hydrogen-bond acceptors (Lipinski definition) is 3. The fourth-order valence-corrected chi connectivity index (χ4v) is 0.836. The van der Waals surface area contributed by atoms with Crippen molar-refractivity contribution < 1.29 is 9.53 Å². The van der Waals surface area contributed by atoms with Crippen LogP contribution in [0.15, 0.2) is 0 Å². The van der Waals surface area contributed by atoms with Gasteiger partial charge in [0, 0.05) is 0 Å². The van der Waals surface area contributed by atoms with Gasteiger partial charge in [0.15, 0.2) is 0 Å². The highest BCUT2D eigenvalue weighted by molar-refractivity contribution is 5.73. The molecule has 1 rings (SSSR count). The van der Waals surface area contributed by atoms with Gasteiger partial charge in [-0.2, -0.15) is 0 Å². The van der Waals surface area contributed by atoms with Gasteiger partial charge in [-0.1, -0.05) is 0 Å². The molecule has 2 N–H and O–H groups in total. The Labute approximate surface area is 54.2 Å². The Morgan fingerprint density at radius 3 is 2.44 bits per heavy atom. The van der Waals surface area contributed by atoms with Gasteiger partial charge in [0.05, 0.1) is 12.5 Å². The molecule has 9 heavy (non-hydrogen) atoms. The quantitative estimate of drug-likeness (QED) is 0.470. The molecule has 1 saturated heterocycles. The van der Waals surface area contributed by atoms with Crippen molar-refractivity contribution in [1.82, 2.24) is 0 Å². The summed E-state index contributed by atoms with van der Waals surface area (Å²) >= 11 is 0. The molecule has 3 nitrogen and oxygen atoms in total. The Balaban J connectivity index is 2.69. The van der Waals surface area contributed by atoms with E-state index in [4.69, 9.17) is 10.5 Å². The first-order chi connectivity index (χ1) is 4.02. The van der Waals surface area contributed by atoms with E-state index in [1.165, 1.54) is 0 Å². The fourth-order valence-electron chi connectivity index (χ4n) is 0.836. The maximum atomic E-state index is 10.6. The number of ether oxygens (including phenoxy) is 1. The predicted molar refractivity (Wildman–Crippen MR) is 32.8 cm³/mol. The summed E-state index contributed by atoms with van der Waals surface area (Å²) in [7, 11) is 0. The minimum Gasteiger partial charge on any atom is -0.458 e. The van der Waals surface area contributed by atoms with E-state index in [2.05, 4.69) is 0 Å². The van der Waals surface area contributed by atoms with Crippen LogP contribution in [0.3, 0.4) is 0 Å². The second-order valence-electron chi connectivity index (χ2n) is 2.89. The number of carbonyl (C=O) groups excluding carboxylic acids is 1. The highest BCUT2D eigenvalue weighted by atomic mass is 16.6. The standard InChI is InChI=1S/C6H11NO2/c1-6(2)4(7)3-5(8)9-6/h4H,3,7H2,1-2H3/t4-/m1/s1. The summed E-state index contributed by atoms with van der Waals surface area (Å²) in [4.78, 5) is 10.6. The van der Waals surface area contributed by atoms with Crippen molar-refractivity contribution in [3.63, 3.8) is 0 Å². The third-order valence-corrected chi connectivity index (χ3v) is 1.66. The molecular weight excluding hydrogens is 118 g/mol. The molecule has 1 aliphatic heterocycles. The molecule has 1 fully saturated rings. The molecule has 0 radical (unpaired) electrons. The van der Waals surface area contributed by atoms with Crippen molar-refractivity contribution in [3.05, 3.63) is 0 Å². The van der Waals surface area contributed by atoms with Crippen molar-refractivity contribution in [2.45, 2.75) is 31.9 Å². The number of nitrogens with two attached hydrogens (primary N) is 1. The number of rotatable bonds is 0. The van der Waals surface area contributed by atoms with E-state index in [-0.39, 0.29) is 12.0 Å². The van der Waals surface area contributed by atoms with Crippen LogP contribution in [-0.4, -0.2) is 17.6 Å². The fraction of sp³-hybridized carbons (Fsp3) is 0.833. The lowest BCUT2D eigenvalue weighted by Crippen LogP contribution is -2.38. The van der Waals surface area contributed by atoms with Crippen LogP contribution in [0.4, 0.5) is 0 Å². The summed E-state index contributed by atoms with van der Waals surface area (Å²) in [5, 5.41) is 0. The Hall–Kier alpha value is -0.570. The zero-order valence-corrected chi connectivity index (χ0v) is 5.68. The van der Waals surface area contributed by atoms with Gasteiger partial charge < -0.3 is 10.5 Å².